The van der Waals surface area contributed by atoms with E-state index in [0.29, 0.717) is 18.3 Å². The predicted molar refractivity (Wildman–Crippen MR) is 141 cm³/mol. The Morgan fingerprint density at radius 1 is 1.15 bits per heavy atom. The lowest BCUT2D eigenvalue weighted by Crippen LogP contribution is -2.29. The van der Waals surface area contributed by atoms with Gasteiger partial charge in [-0.1, -0.05) is 25.4 Å². The summed E-state index contributed by atoms with van der Waals surface area (Å²) in [6.45, 7) is 8.60. The van der Waals surface area contributed by atoms with Gasteiger partial charge in [-0.2, -0.15) is 22.2 Å². The summed E-state index contributed by atoms with van der Waals surface area (Å²) >= 11 is 5.80. The van der Waals surface area contributed by atoms with Gasteiger partial charge in [0.05, 0.1) is 26.9 Å². The average Bonchev–Trinajstić information content (AvgIpc) is 3.28. The molecule has 3 rings (SSSR count). The highest BCUT2D eigenvalue weighted by Gasteiger charge is 2.32. The third-order valence-corrected chi connectivity index (χ3v) is 9.14. The second-order valence-corrected chi connectivity index (χ2v) is 12.2. The van der Waals surface area contributed by atoms with Gasteiger partial charge in [-0.25, -0.2) is 14.2 Å². The molecule has 0 fully saturated rings. The molecule has 0 spiro atoms. The van der Waals surface area contributed by atoms with Gasteiger partial charge in [0.1, 0.15) is 5.82 Å². The Balaban J connectivity index is 1.86. The summed E-state index contributed by atoms with van der Waals surface area (Å²) in [6.07, 6.45) is -2.77. The summed E-state index contributed by atoms with van der Waals surface area (Å²) in [7, 11) is -2.72. The number of carbonyl (C=O) groups is 2. The van der Waals surface area contributed by atoms with Gasteiger partial charge in [0.2, 0.25) is 0 Å². The zero-order valence-corrected chi connectivity index (χ0v) is 23.5. The first kappa shape index (κ1) is 30.2. The molecular formula is C25H28ClF3N6O3S. The highest BCUT2D eigenvalue weighted by Crippen LogP contribution is 2.32. The minimum atomic E-state index is -4.67. The Labute approximate surface area is 229 Å². The number of hydrogen-bond acceptors (Lipinski definition) is 6. The van der Waals surface area contributed by atoms with Crippen LogP contribution in [0.2, 0.25) is 5.02 Å². The van der Waals surface area contributed by atoms with Gasteiger partial charge in [-0.15, -0.1) is 5.10 Å². The van der Waals surface area contributed by atoms with E-state index >= 15 is 0 Å². The lowest BCUT2D eigenvalue weighted by molar-refractivity contribution is -0.137. The summed E-state index contributed by atoms with van der Waals surface area (Å²) < 4.78 is 57.8. The molecule has 0 bridgehead atoms. The number of aromatic nitrogens is 4. The molecule has 39 heavy (non-hydrogen) atoms. The summed E-state index contributed by atoms with van der Waals surface area (Å²) in [5.74, 6) is -0.321. The van der Waals surface area contributed by atoms with Crippen molar-refractivity contribution in [2.24, 2.45) is 4.36 Å². The number of benzene rings is 1. The van der Waals surface area contributed by atoms with Gasteiger partial charge in [0.15, 0.2) is 11.6 Å². The zero-order valence-electron chi connectivity index (χ0n) is 21.9. The molecule has 2 aromatic heterocycles. The monoisotopic (exact) mass is 584 g/mol. The van der Waals surface area contributed by atoms with Crippen LogP contribution >= 0.6 is 11.6 Å². The third-order valence-electron chi connectivity index (χ3n) is 6.03. The molecule has 0 saturated carbocycles. The summed E-state index contributed by atoms with van der Waals surface area (Å²) in [4.78, 5) is 34.0. The van der Waals surface area contributed by atoms with E-state index in [4.69, 9.17) is 11.6 Å². The first-order valence-corrected chi connectivity index (χ1v) is 14.2. The third kappa shape index (κ3) is 7.01. The largest absolute Gasteiger partial charge is 0.416 e. The first-order valence-electron chi connectivity index (χ1n) is 12.0. The fourth-order valence-corrected chi connectivity index (χ4v) is 5.66. The van der Waals surface area contributed by atoms with Crippen LogP contribution in [-0.2, 0) is 15.9 Å². The molecule has 210 valence electrons. The summed E-state index contributed by atoms with van der Waals surface area (Å²) in [5, 5.41) is 6.42. The molecule has 9 nitrogen and oxygen atoms in total. The van der Waals surface area contributed by atoms with Gasteiger partial charge < -0.3 is 5.32 Å². The van der Waals surface area contributed by atoms with Crippen LogP contribution in [0.5, 0.6) is 0 Å². The quantitative estimate of drug-likeness (QED) is 0.370. The number of carbonyl (C=O) groups excluding carboxylic acids is 2. The van der Waals surface area contributed by atoms with Crippen molar-refractivity contribution in [2.45, 2.75) is 58.5 Å². The number of nitrogens with zero attached hydrogens (tertiary/aromatic N) is 5. The molecule has 3 atom stereocenters. The highest BCUT2D eigenvalue weighted by molar-refractivity contribution is 7.94. The number of alkyl halides is 3. The van der Waals surface area contributed by atoms with Crippen molar-refractivity contribution in [3.8, 4) is 5.82 Å². The molecule has 0 aliphatic rings. The normalized spacial score (nSPS) is 14.8. The first-order chi connectivity index (χ1) is 18.2. The smallest absolute Gasteiger partial charge is 0.342 e. The Bertz CT molecular complexity index is 1500. The van der Waals surface area contributed by atoms with E-state index in [-0.39, 0.29) is 38.8 Å². The average molecular weight is 585 g/mol. The maximum absolute atomic E-state index is 13.2. The van der Waals surface area contributed by atoms with E-state index in [1.54, 1.807) is 27.7 Å². The minimum Gasteiger partial charge on any atom is -0.342 e. The minimum absolute atomic E-state index is 0.143. The molecule has 1 aromatic carbocycles. The molecule has 3 aromatic rings. The molecule has 2 amide bonds. The van der Waals surface area contributed by atoms with Gasteiger partial charge in [0, 0.05) is 27.8 Å². The van der Waals surface area contributed by atoms with Gasteiger partial charge in [-0.05, 0) is 57.5 Å². The van der Waals surface area contributed by atoms with E-state index in [9.17, 15) is 27.0 Å². The number of pyridine rings is 1. The molecule has 14 heteroatoms. The standard InChI is InChI=1S/C25H28ClF3N6O3S/c1-6-14(3)39(38,7-2)34-24(37)17-8-9-21(30-13-17)35-22(32-16(5)33-35)15(4)31-23(36)18-10-19(25(27,28)29)12-20(26)11-18/h8-15H,6-7H2,1-5H3,(H,31,36). The molecule has 1 N–H and O–H groups in total. The Kier molecular flexibility index (Phi) is 9.16. The van der Waals surface area contributed by atoms with Crippen LogP contribution < -0.4 is 5.32 Å². The lowest BCUT2D eigenvalue weighted by Gasteiger charge is -2.15. The predicted octanol–water partition coefficient (Wildman–Crippen LogP) is 5.56. The molecular weight excluding hydrogens is 557 g/mol. The van der Waals surface area contributed by atoms with Crippen molar-refractivity contribution in [1.29, 1.82) is 0 Å². The van der Waals surface area contributed by atoms with E-state index < -0.39 is 39.3 Å². The number of amides is 2. The molecule has 0 saturated heterocycles. The van der Waals surface area contributed by atoms with Crippen molar-refractivity contribution in [2.75, 3.05) is 5.75 Å². The SMILES string of the molecule is CCC(C)S(=O)(CC)=NC(=O)c1ccc(-n2nc(C)nc2C(C)NC(=O)c2cc(Cl)cc(C(F)(F)F)c2)nc1. The fraction of sp³-hybridized carbons (Fsp3) is 0.400. The summed E-state index contributed by atoms with van der Waals surface area (Å²) in [6, 6.07) is 4.75. The van der Waals surface area contributed by atoms with Crippen LogP contribution in [0, 0.1) is 6.92 Å². The van der Waals surface area contributed by atoms with Crippen LogP contribution in [-0.4, -0.2) is 46.8 Å². The molecule has 0 aliphatic heterocycles. The van der Waals surface area contributed by atoms with E-state index in [2.05, 4.69) is 24.7 Å². The van der Waals surface area contributed by atoms with Crippen LogP contribution in [0.15, 0.2) is 40.9 Å². The second kappa shape index (κ2) is 11.8. The second-order valence-electron chi connectivity index (χ2n) is 8.85. The summed E-state index contributed by atoms with van der Waals surface area (Å²) in [5.41, 5.74) is -1.17. The van der Waals surface area contributed by atoms with Gasteiger partial charge in [-0.3, -0.25) is 9.59 Å². The zero-order chi connectivity index (χ0) is 29.1. The van der Waals surface area contributed by atoms with Gasteiger partial charge in [0.25, 0.3) is 11.8 Å². The molecule has 0 aliphatic carbocycles. The van der Waals surface area contributed by atoms with E-state index in [1.807, 2.05) is 6.92 Å². The van der Waals surface area contributed by atoms with Crippen LogP contribution in [0.25, 0.3) is 5.82 Å². The van der Waals surface area contributed by atoms with Crippen molar-refractivity contribution in [1.82, 2.24) is 25.1 Å². The number of hydrogen-bond donors (Lipinski definition) is 1. The maximum atomic E-state index is 13.2. The van der Waals surface area contributed by atoms with E-state index in [0.717, 1.165) is 12.1 Å². The topological polar surface area (TPSA) is 119 Å². The lowest BCUT2D eigenvalue weighted by atomic mass is 10.1. The van der Waals surface area contributed by atoms with Crippen molar-refractivity contribution in [3.63, 3.8) is 0 Å². The van der Waals surface area contributed by atoms with Crippen molar-refractivity contribution >= 4 is 33.1 Å². The number of nitrogens with one attached hydrogen (secondary N) is 1. The number of aryl methyl sites for hydroxylation is 1. The van der Waals surface area contributed by atoms with Gasteiger partial charge >= 0.3 is 6.18 Å². The molecule has 3 unspecified atom stereocenters. The van der Waals surface area contributed by atoms with Crippen molar-refractivity contribution in [3.05, 3.63) is 69.9 Å². The maximum Gasteiger partial charge on any atom is 0.416 e. The van der Waals surface area contributed by atoms with E-state index in [1.165, 1.54) is 23.0 Å². The highest BCUT2D eigenvalue weighted by atomic mass is 35.5. The number of halogens is 4. The van der Waals surface area contributed by atoms with Crippen LogP contribution in [0.3, 0.4) is 0 Å². The van der Waals surface area contributed by atoms with Crippen LogP contribution in [0.4, 0.5) is 13.2 Å². The Hall–Kier alpha value is -3.32. The van der Waals surface area contributed by atoms with Crippen LogP contribution in [0.1, 0.15) is 78.1 Å². The molecule has 2 heterocycles. The number of rotatable bonds is 8. The van der Waals surface area contributed by atoms with Crippen molar-refractivity contribution < 1.29 is 27.0 Å². The Morgan fingerprint density at radius 2 is 1.85 bits per heavy atom. The Morgan fingerprint density at radius 3 is 2.41 bits per heavy atom. The molecule has 0 radical (unpaired) electrons. The fourth-order valence-electron chi connectivity index (χ4n) is 3.64.